The molecule has 0 spiro atoms. The molecule has 156 valence electrons. The molecule has 0 aliphatic carbocycles. The maximum Gasteiger partial charge on any atom is 0.191 e. The number of likely N-dealkylation sites (tertiary alicyclic amines) is 1. The van der Waals surface area contributed by atoms with E-state index in [2.05, 4.69) is 50.1 Å². The number of piperidine rings is 1. The Balaban J connectivity index is 0.00000280. The third kappa shape index (κ3) is 7.04. The van der Waals surface area contributed by atoms with Gasteiger partial charge in [0.25, 0.3) is 0 Å². The Kier molecular flexibility index (Phi) is 10.3. The van der Waals surface area contributed by atoms with E-state index >= 15 is 0 Å². The van der Waals surface area contributed by atoms with E-state index < -0.39 is 0 Å². The van der Waals surface area contributed by atoms with Gasteiger partial charge in [-0.15, -0.1) is 35.3 Å². The van der Waals surface area contributed by atoms with E-state index in [0.717, 1.165) is 37.9 Å². The lowest BCUT2D eigenvalue weighted by Gasteiger charge is -2.36. The fourth-order valence-corrected chi connectivity index (χ4v) is 4.39. The van der Waals surface area contributed by atoms with Gasteiger partial charge in [-0.05, 0) is 55.8 Å². The van der Waals surface area contributed by atoms with Crippen LogP contribution in [-0.2, 0) is 6.54 Å². The lowest BCUT2D eigenvalue weighted by Crippen LogP contribution is -2.45. The number of hydrogen-bond donors (Lipinski definition) is 2. The van der Waals surface area contributed by atoms with Gasteiger partial charge in [-0.3, -0.25) is 14.6 Å². The topological polar surface area (TPSA) is 57.5 Å². The average Bonchev–Trinajstić information content (AvgIpc) is 3.39. The zero-order valence-corrected chi connectivity index (χ0v) is 20.0. The van der Waals surface area contributed by atoms with Crippen molar-refractivity contribution in [3.05, 3.63) is 40.8 Å². The maximum absolute atomic E-state index is 4.39. The molecular formula is C20H33IN6S. The van der Waals surface area contributed by atoms with Gasteiger partial charge in [-0.1, -0.05) is 13.0 Å². The Bertz CT molecular complexity index is 665. The highest BCUT2D eigenvalue weighted by atomic mass is 127. The van der Waals surface area contributed by atoms with Crippen LogP contribution in [0.5, 0.6) is 0 Å². The largest absolute Gasteiger partial charge is 0.356 e. The Morgan fingerprint density at radius 1 is 1.32 bits per heavy atom. The van der Waals surface area contributed by atoms with Crippen LogP contribution in [0.3, 0.4) is 0 Å². The lowest BCUT2D eigenvalue weighted by atomic mass is 9.97. The van der Waals surface area contributed by atoms with Gasteiger partial charge in [0.2, 0.25) is 0 Å². The number of nitrogens with one attached hydrogen (secondary N) is 2. The monoisotopic (exact) mass is 516 g/mol. The van der Waals surface area contributed by atoms with E-state index in [0.29, 0.717) is 6.04 Å². The zero-order valence-electron chi connectivity index (χ0n) is 16.9. The first-order chi connectivity index (χ1) is 13.3. The van der Waals surface area contributed by atoms with E-state index in [-0.39, 0.29) is 24.0 Å². The summed E-state index contributed by atoms with van der Waals surface area (Å²) in [5.74, 6) is 1.73. The molecule has 8 heteroatoms. The van der Waals surface area contributed by atoms with Gasteiger partial charge in [0.05, 0.1) is 6.04 Å². The first-order valence-corrected chi connectivity index (χ1v) is 10.8. The van der Waals surface area contributed by atoms with Crippen LogP contribution in [0.25, 0.3) is 0 Å². The van der Waals surface area contributed by atoms with Crippen LogP contribution in [0.15, 0.2) is 41.0 Å². The molecule has 1 fully saturated rings. The number of hydrogen-bond acceptors (Lipinski definition) is 4. The summed E-state index contributed by atoms with van der Waals surface area (Å²) in [7, 11) is 1.84. The predicted octanol–water partition coefficient (Wildman–Crippen LogP) is 3.59. The molecule has 0 saturated carbocycles. The summed E-state index contributed by atoms with van der Waals surface area (Å²) in [4.78, 5) is 8.46. The molecule has 3 heterocycles. The summed E-state index contributed by atoms with van der Waals surface area (Å²) < 4.78 is 1.96. The van der Waals surface area contributed by atoms with Crippen molar-refractivity contribution in [2.24, 2.45) is 10.9 Å². The van der Waals surface area contributed by atoms with Gasteiger partial charge in [-0.2, -0.15) is 5.10 Å². The number of nitrogens with zero attached hydrogens (tertiary/aromatic N) is 4. The van der Waals surface area contributed by atoms with E-state index in [1.807, 2.05) is 41.5 Å². The van der Waals surface area contributed by atoms with Crippen LogP contribution in [0.4, 0.5) is 0 Å². The van der Waals surface area contributed by atoms with Crippen molar-refractivity contribution in [2.75, 3.05) is 33.2 Å². The number of aryl methyl sites for hydroxylation is 1. The Labute approximate surface area is 189 Å². The first-order valence-electron chi connectivity index (χ1n) is 9.95. The molecule has 2 N–H and O–H groups in total. The summed E-state index contributed by atoms with van der Waals surface area (Å²) >= 11 is 1.85. The van der Waals surface area contributed by atoms with Gasteiger partial charge < -0.3 is 10.6 Å². The number of guanidine groups is 1. The molecule has 2 aromatic heterocycles. The predicted molar refractivity (Wildman–Crippen MR) is 129 cm³/mol. The number of aliphatic imine (C=N–C) groups is 1. The van der Waals surface area contributed by atoms with Crippen molar-refractivity contribution in [3.63, 3.8) is 0 Å². The summed E-state index contributed by atoms with van der Waals surface area (Å²) in [6.45, 7) is 7.41. The van der Waals surface area contributed by atoms with Gasteiger partial charge in [0.1, 0.15) is 0 Å². The molecule has 28 heavy (non-hydrogen) atoms. The molecular weight excluding hydrogens is 483 g/mol. The summed E-state index contributed by atoms with van der Waals surface area (Å²) in [5.41, 5.74) is 0. The molecule has 3 rings (SSSR count). The fraction of sp³-hybridized carbons (Fsp3) is 0.600. The van der Waals surface area contributed by atoms with Gasteiger partial charge in [0.15, 0.2) is 5.96 Å². The molecule has 1 aliphatic rings. The van der Waals surface area contributed by atoms with Gasteiger partial charge in [0, 0.05) is 44.0 Å². The number of thiophene rings is 1. The molecule has 0 bridgehead atoms. The number of aromatic nitrogens is 2. The van der Waals surface area contributed by atoms with Crippen molar-refractivity contribution in [1.29, 1.82) is 0 Å². The highest BCUT2D eigenvalue weighted by Crippen LogP contribution is 2.28. The third-order valence-electron chi connectivity index (χ3n) is 5.23. The van der Waals surface area contributed by atoms with E-state index in [9.17, 15) is 0 Å². The quantitative estimate of drug-likeness (QED) is 0.244. The van der Waals surface area contributed by atoms with Crippen molar-refractivity contribution >= 4 is 41.3 Å². The van der Waals surface area contributed by atoms with Crippen molar-refractivity contribution in [2.45, 2.75) is 38.8 Å². The van der Waals surface area contributed by atoms with Gasteiger partial charge >= 0.3 is 0 Å². The molecule has 0 amide bonds. The molecule has 0 aromatic carbocycles. The zero-order chi connectivity index (χ0) is 18.9. The third-order valence-corrected chi connectivity index (χ3v) is 6.21. The standard InChI is InChI=1S/C20H32N6S.HI/c1-17-7-13-25(14-8-17)18(19-6-3-15-27-19)16-23-20(21-2)22-9-4-11-26-12-5-10-24-26;/h3,5-6,10,12,15,17-18H,4,7-9,11,13-14,16H2,1-2H3,(H2,21,22,23);1H. The van der Waals surface area contributed by atoms with E-state index in [1.165, 1.54) is 30.8 Å². The average molecular weight is 516 g/mol. The van der Waals surface area contributed by atoms with Crippen molar-refractivity contribution in [1.82, 2.24) is 25.3 Å². The molecule has 1 aliphatic heterocycles. The molecule has 1 unspecified atom stereocenters. The second-order valence-corrected chi connectivity index (χ2v) is 8.23. The molecule has 1 saturated heterocycles. The van der Waals surface area contributed by atoms with Crippen LogP contribution in [0, 0.1) is 5.92 Å². The normalized spacial score (nSPS) is 17.1. The summed E-state index contributed by atoms with van der Waals surface area (Å²) in [5, 5.41) is 13.4. The van der Waals surface area contributed by atoms with Crippen LogP contribution in [-0.4, -0.2) is 53.9 Å². The maximum atomic E-state index is 4.39. The molecule has 0 radical (unpaired) electrons. The molecule has 6 nitrogen and oxygen atoms in total. The van der Waals surface area contributed by atoms with E-state index in [4.69, 9.17) is 0 Å². The molecule has 1 atom stereocenters. The minimum Gasteiger partial charge on any atom is -0.356 e. The first kappa shape index (κ1) is 23.2. The molecule has 2 aromatic rings. The minimum atomic E-state index is 0. The number of halogens is 1. The second kappa shape index (κ2) is 12.4. The van der Waals surface area contributed by atoms with Crippen LogP contribution >= 0.6 is 35.3 Å². The van der Waals surface area contributed by atoms with Crippen LogP contribution in [0.1, 0.15) is 37.1 Å². The number of rotatable bonds is 8. The smallest absolute Gasteiger partial charge is 0.191 e. The van der Waals surface area contributed by atoms with Crippen LogP contribution in [0.2, 0.25) is 0 Å². The van der Waals surface area contributed by atoms with Crippen molar-refractivity contribution in [3.8, 4) is 0 Å². The summed E-state index contributed by atoms with van der Waals surface area (Å²) in [6, 6.07) is 6.79. The fourth-order valence-electron chi connectivity index (χ4n) is 3.53. The Hall–Kier alpha value is -1.13. The SMILES string of the molecule is CN=C(NCCCn1cccn1)NCC(c1cccs1)N1CCC(C)CC1.I. The Morgan fingerprint density at radius 3 is 2.79 bits per heavy atom. The Morgan fingerprint density at radius 2 is 2.14 bits per heavy atom. The minimum absolute atomic E-state index is 0. The lowest BCUT2D eigenvalue weighted by molar-refractivity contribution is 0.140. The summed E-state index contributed by atoms with van der Waals surface area (Å²) in [6.07, 6.45) is 7.42. The van der Waals surface area contributed by atoms with Crippen LogP contribution < -0.4 is 10.6 Å². The van der Waals surface area contributed by atoms with Gasteiger partial charge in [-0.25, -0.2) is 0 Å². The van der Waals surface area contributed by atoms with E-state index in [1.54, 1.807) is 0 Å². The highest BCUT2D eigenvalue weighted by molar-refractivity contribution is 14.0. The second-order valence-electron chi connectivity index (χ2n) is 7.25. The highest BCUT2D eigenvalue weighted by Gasteiger charge is 2.25. The van der Waals surface area contributed by atoms with Crippen molar-refractivity contribution < 1.29 is 0 Å².